The van der Waals surface area contributed by atoms with Gasteiger partial charge in [-0.1, -0.05) is 25.1 Å². The first-order valence-corrected chi connectivity index (χ1v) is 7.82. The molecule has 3 N–H and O–H groups in total. The van der Waals surface area contributed by atoms with Crippen molar-refractivity contribution in [1.82, 2.24) is 4.57 Å². The van der Waals surface area contributed by atoms with E-state index in [1.807, 2.05) is 18.2 Å². The maximum Gasteiger partial charge on any atom is 0.419 e. The molecule has 1 aromatic carbocycles. The molecule has 0 bridgehead atoms. The number of hydrogen-bond acceptors (Lipinski definition) is 5. The first-order valence-electron chi connectivity index (χ1n) is 7.82. The molecule has 1 heterocycles. The van der Waals surface area contributed by atoms with Gasteiger partial charge in [0.2, 0.25) is 0 Å². The summed E-state index contributed by atoms with van der Waals surface area (Å²) in [5, 5.41) is 10.3. The fraction of sp³-hybridized carbons (Fsp3) is 0.444. The molecular weight excluding hydrogens is 308 g/mol. The number of hydrogen-bond donors (Lipinski definition) is 2. The molecule has 24 heavy (non-hydrogen) atoms. The molecule has 2 aromatic rings. The van der Waals surface area contributed by atoms with E-state index in [-0.39, 0.29) is 0 Å². The number of nitrogens with zero attached hydrogens (tertiary/aromatic N) is 1. The second-order valence-electron chi connectivity index (χ2n) is 7.06. The largest absolute Gasteiger partial charge is 0.443 e. The number of carbonyl (C=O) groups excluding carboxylic acids is 2. The Bertz CT molecular complexity index is 760. The van der Waals surface area contributed by atoms with Gasteiger partial charge >= 0.3 is 6.09 Å². The van der Waals surface area contributed by atoms with Crippen molar-refractivity contribution in [2.75, 3.05) is 6.61 Å². The quantitative estimate of drug-likeness (QED) is 0.839. The minimum Gasteiger partial charge on any atom is -0.443 e. The second-order valence-corrected chi connectivity index (χ2v) is 7.06. The zero-order chi connectivity index (χ0) is 18.1. The Balaban J connectivity index is 2.58. The minimum absolute atomic E-state index is 0.478. The lowest BCUT2D eigenvalue weighted by Crippen LogP contribution is -2.49. The zero-order valence-electron chi connectivity index (χ0n) is 14.4. The van der Waals surface area contributed by atoms with E-state index < -0.39 is 29.8 Å². The van der Waals surface area contributed by atoms with Crippen LogP contribution in [0.1, 0.15) is 39.2 Å². The molecule has 0 radical (unpaired) electrons. The van der Waals surface area contributed by atoms with Crippen LogP contribution in [0.15, 0.2) is 30.5 Å². The van der Waals surface area contributed by atoms with Crippen LogP contribution in [-0.4, -0.2) is 39.8 Å². The summed E-state index contributed by atoms with van der Waals surface area (Å²) in [5.74, 6) is -0.478. The van der Waals surface area contributed by atoms with E-state index in [0.29, 0.717) is 17.4 Å². The smallest absolute Gasteiger partial charge is 0.419 e. The van der Waals surface area contributed by atoms with Crippen LogP contribution in [0.3, 0.4) is 0 Å². The number of rotatable bonds is 4. The highest BCUT2D eigenvalue weighted by Crippen LogP contribution is 2.33. The Morgan fingerprint density at radius 3 is 2.54 bits per heavy atom. The van der Waals surface area contributed by atoms with Gasteiger partial charge < -0.3 is 20.4 Å². The summed E-state index contributed by atoms with van der Waals surface area (Å²) in [6.45, 7) is 6.66. The number of para-hydroxylation sites is 1. The number of aliphatic hydroxyl groups excluding tert-OH is 1. The molecular formula is C18H24N2O4. The Kier molecular flexibility index (Phi) is 4.82. The van der Waals surface area contributed by atoms with Gasteiger partial charge in [0.25, 0.3) is 0 Å². The van der Waals surface area contributed by atoms with Crippen LogP contribution < -0.4 is 5.73 Å². The lowest BCUT2D eigenvalue weighted by molar-refractivity contribution is -0.114. The molecule has 2 atom stereocenters. The maximum atomic E-state index is 12.5. The monoisotopic (exact) mass is 332 g/mol. The van der Waals surface area contributed by atoms with Crippen LogP contribution in [0.2, 0.25) is 0 Å². The number of benzene rings is 1. The van der Waals surface area contributed by atoms with E-state index in [4.69, 9.17) is 10.5 Å². The summed E-state index contributed by atoms with van der Waals surface area (Å²) in [5.41, 5.74) is 5.34. The van der Waals surface area contributed by atoms with Gasteiger partial charge in [-0.25, -0.2) is 4.79 Å². The van der Waals surface area contributed by atoms with Crippen LogP contribution >= 0.6 is 0 Å². The average Bonchev–Trinajstić information content (AvgIpc) is 2.91. The lowest BCUT2D eigenvalue weighted by Gasteiger charge is -2.27. The van der Waals surface area contributed by atoms with Crippen LogP contribution in [0.5, 0.6) is 0 Å². The maximum absolute atomic E-state index is 12.5. The number of aldehydes is 1. The zero-order valence-corrected chi connectivity index (χ0v) is 14.4. The predicted molar refractivity (Wildman–Crippen MR) is 92.1 cm³/mol. The molecule has 0 saturated carbocycles. The first-order chi connectivity index (χ1) is 11.1. The Labute approximate surface area is 141 Å². The number of fused-ring (bicyclic) bond motifs is 1. The molecule has 130 valence electrons. The SMILES string of the molecule is C[C@@H](c1cn(C(=O)OC(C)(C)C)c2ccccc12)[C@](N)(C=O)CO. The highest BCUT2D eigenvalue weighted by molar-refractivity contribution is 5.93. The normalized spacial score (nSPS) is 15.8. The van der Waals surface area contributed by atoms with Crippen LogP contribution in [0, 0.1) is 0 Å². The molecule has 0 unspecified atom stereocenters. The minimum atomic E-state index is -1.41. The predicted octanol–water partition coefficient (Wildman–Crippen LogP) is 2.42. The van der Waals surface area contributed by atoms with Crippen molar-refractivity contribution in [3.8, 4) is 0 Å². The summed E-state index contributed by atoms with van der Waals surface area (Å²) in [6.07, 6.45) is 1.68. The molecule has 2 rings (SSSR count). The fourth-order valence-corrected chi connectivity index (χ4v) is 2.58. The van der Waals surface area contributed by atoms with Crippen molar-refractivity contribution in [3.63, 3.8) is 0 Å². The van der Waals surface area contributed by atoms with E-state index in [2.05, 4.69) is 0 Å². The fourth-order valence-electron chi connectivity index (χ4n) is 2.58. The molecule has 0 aliphatic rings. The van der Waals surface area contributed by atoms with E-state index in [0.717, 1.165) is 5.39 Å². The van der Waals surface area contributed by atoms with Crippen molar-refractivity contribution >= 4 is 23.3 Å². The van der Waals surface area contributed by atoms with Crippen LogP contribution in [0.25, 0.3) is 10.9 Å². The van der Waals surface area contributed by atoms with E-state index >= 15 is 0 Å². The van der Waals surface area contributed by atoms with Gasteiger partial charge in [0.1, 0.15) is 17.4 Å². The summed E-state index contributed by atoms with van der Waals surface area (Å²) in [4.78, 5) is 23.8. The van der Waals surface area contributed by atoms with Crippen molar-refractivity contribution in [3.05, 3.63) is 36.0 Å². The van der Waals surface area contributed by atoms with Crippen molar-refractivity contribution < 1.29 is 19.4 Å². The van der Waals surface area contributed by atoms with Crippen molar-refractivity contribution in [2.45, 2.75) is 44.8 Å². The Morgan fingerprint density at radius 1 is 1.38 bits per heavy atom. The van der Waals surface area contributed by atoms with Crippen molar-refractivity contribution in [2.24, 2.45) is 5.73 Å². The van der Waals surface area contributed by atoms with Gasteiger partial charge in [-0.2, -0.15) is 0 Å². The molecule has 0 amide bonds. The highest BCUT2D eigenvalue weighted by Gasteiger charge is 2.34. The highest BCUT2D eigenvalue weighted by atomic mass is 16.6. The molecule has 6 nitrogen and oxygen atoms in total. The summed E-state index contributed by atoms with van der Waals surface area (Å²) < 4.78 is 6.85. The molecule has 6 heteroatoms. The molecule has 1 aromatic heterocycles. The third-order valence-electron chi connectivity index (χ3n) is 4.10. The number of aromatic nitrogens is 1. The van der Waals surface area contributed by atoms with Gasteiger partial charge in [0, 0.05) is 17.5 Å². The second kappa shape index (κ2) is 6.37. The Hall–Kier alpha value is -2.18. The lowest BCUT2D eigenvalue weighted by atomic mass is 9.83. The molecule has 0 fully saturated rings. The summed E-state index contributed by atoms with van der Waals surface area (Å²) in [7, 11) is 0. The van der Waals surface area contributed by atoms with Crippen LogP contribution in [-0.2, 0) is 9.53 Å². The number of ether oxygens (including phenoxy) is 1. The summed E-state index contributed by atoms with van der Waals surface area (Å²) in [6, 6.07) is 7.31. The molecule has 0 saturated heterocycles. The Morgan fingerprint density at radius 2 is 2.00 bits per heavy atom. The van der Waals surface area contributed by atoms with Crippen LogP contribution in [0.4, 0.5) is 4.79 Å². The van der Waals surface area contributed by atoms with Gasteiger partial charge in [0.15, 0.2) is 0 Å². The van der Waals surface area contributed by atoms with Gasteiger partial charge in [-0.15, -0.1) is 0 Å². The molecule has 0 aliphatic carbocycles. The van der Waals surface area contributed by atoms with Crippen molar-refractivity contribution in [1.29, 1.82) is 0 Å². The number of nitrogens with two attached hydrogens (primary N) is 1. The standard InChI is InChI=1S/C18H24N2O4/c1-12(18(19,10-21)11-22)14-9-20(16(23)24-17(2,3)4)15-8-6-5-7-13(14)15/h5-10,12,22H,11,19H2,1-4H3/t12-,18-/m0/s1. The van der Waals surface area contributed by atoms with E-state index in [1.54, 1.807) is 40.0 Å². The third kappa shape index (κ3) is 3.34. The topological polar surface area (TPSA) is 94.5 Å². The first kappa shape index (κ1) is 18.2. The molecule has 0 spiro atoms. The average molecular weight is 332 g/mol. The third-order valence-corrected chi connectivity index (χ3v) is 4.10. The number of aliphatic hydroxyl groups is 1. The van der Waals surface area contributed by atoms with Gasteiger partial charge in [-0.3, -0.25) is 4.57 Å². The van der Waals surface area contributed by atoms with Gasteiger partial charge in [-0.05, 0) is 32.4 Å². The van der Waals surface area contributed by atoms with Gasteiger partial charge in [0.05, 0.1) is 12.1 Å². The van der Waals surface area contributed by atoms with E-state index in [9.17, 15) is 14.7 Å². The number of carbonyl (C=O) groups is 2. The molecule has 0 aliphatic heterocycles. The summed E-state index contributed by atoms with van der Waals surface area (Å²) >= 11 is 0. The van der Waals surface area contributed by atoms with E-state index in [1.165, 1.54) is 4.57 Å².